The van der Waals surface area contributed by atoms with Gasteiger partial charge < -0.3 is 0 Å². The van der Waals surface area contributed by atoms with Gasteiger partial charge in [0.2, 0.25) is 0 Å². The monoisotopic (exact) mass is 77.0 g/mol. The van der Waals surface area contributed by atoms with Crippen LogP contribution in [-0.4, -0.2) is 20.0 Å². The Morgan fingerprint density at radius 2 is 2.83 bits per heavy atom. The maximum absolute atomic E-state index is 5.12. The van der Waals surface area contributed by atoms with E-state index in [1.807, 2.05) is 0 Å². The van der Waals surface area contributed by atoms with Crippen molar-refractivity contribution >= 4 is 20.3 Å². The van der Waals surface area contributed by atoms with Crippen molar-refractivity contribution in [1.29, 1.82) is 0 Å². The Labute approximate surface area is 37.2 Å². The van der Waals surface area contributed by atoms with Crippen LogP contribution in [0.2, 0.25) is 0 Å². The molecule has 4 heteroatoms. The van der Waals surface area contributed by atoms with E-state index < -0.39 is 0 Å². The normalized spacial score (nSPS) is 8.00. The Hall–Kier alpha value is -0.530. The number of aromatic nitrogens is 1. The zero-order valence-corrected chi connectivity index (χ0v) is 3.09. The molecule has 0 unspecified atom stereocenters. The predicted molar refractivity (Wildman–Crippen MR) is 23.2 cm³/mol. The molecule has 0 amide bonds. The molecule has 26 valence electrons. The molecular formula is C2HB2NO. The second-order valence-electron chi connectivity index (χ2n) is 0.958. The third-order valence-electron chi connectivity index (χ3n) is 0.451. The summed E-state index contributed by atoms with van der Waals surface area (Å²) in [6.45, 7) is 0. The molecule has 1 aromatic heterocycles. The van der Waals surface area contributed by atoms with Crippen molar-refractivity contribution in [3.63, 3.8) is 0 Å². The van der Waals surface area contributed by atoms with Gasteiger partial charge in [0.25, 0.3) is 0 Å². The summed E-state index contributed by atoms with van der Waals surface area (Å²) in [6, 6.07) is 0. The molecule has 0 fully saturated rings. The first kappa shape index (κ1) is 3.65. The van der Waals surface area contributed by atoms with Crippen LogP contribution in [0.4, 0.5) is 0 Å². The molecule has 0 saturated carbocycles. The van der Waals surface area contributed by atoms with Crippen LogP contribution < -0.4 is 5.36 Å². The Morgan fingerprint density at radius 1 is 2.00 bits per heavy atom. The predicted octanol–water partition coefficient (Wildman–Crippen LogP) is -1.19. The third-order valence-corrected chi connectivity index (χ3v) is 0.451. The minimum atomic E-state index is 0.565. The molecule has 0 bridgehead atoms. The van der Waals surface area contributed by atoms with Gasteiger partial charge >= 0.3 is 36.1 Å². The van der Waals surface area contributed by atoms with Crippen LogP contribution in [0.15, 0.2) is 10.8 Å². The molecule has 0 aliphatic heterocycles. The maximum atomic E-state index is 5.12. The van der Waals surface area contributed by atoms with Gasteiger partial charge in [-0.15, -0.1) is 0 Å². The van der Waals surface area contributed by atoms with Crippen molar-refractivity contribution < 1.29 is 4.52 Å². The van der Waals surface area contributed by atoms with Crippen LogP contribution in [-0.2, 0) is 0 Å². The second-order valence-corrected chi connectivity index (χ2v) is 0.958. The van der Waals surface area contributed by atoms with Gasteiger partial charge in [-0.25, -0.2) is 0 Å². The molecule has 2 radical (unpaired) electrons. The van der Waals surface area contributed by atoms with E-state index in [2.05, 4.69) is 9.59 Å². The van der Waals surface area contributed by atoms with Gasteiger partial charge in [0, 0.05) is 0 Å². The molecule has 1 aromatic rings. The first-order valence-electron chi connectivity index (χ1n) is 1.54. The van der Waals surface area contributed by atoms with Gasteiger partial charge in [-0.05, 0) is 0 Å². The summed E-state index contributed by atoms with van der Waals surface area (Å²) in [4.78, 5) is 0. The van der Waals surface area contributed by atoms with Crippen LogP contribution in [0.5, 0.6) is 0 Å². The summed E-state index contributed by atoms with van der Waals surface area (Å²) in [5, 5.41) is 3.89. The fourth-order valence-electron chi connectivity index (χ4n) is 0.213. The molecule has 2 nitrogen and oxygen atoms in total. The molecule has 6 heavy (non-hydrogen) atoms. The number of hydrogen-bond donors (Lipinski definition) is 0. The van der Waals surface area contributed by atoms with Gasteiger partial charge in [-0.3, -0.25) is 0 Å². The molecule has 0 aromatic carbocycles. The van der Waals surface area contributed by atoms with Gasteiger partial charge in [-0.2, -0.15) is 0 Å². The Morgan fingerprint density at radius 3 is 3.00 bits per heavy atom. The molecule has 1 heterocycles. The average Bonchev–Trinajstić information content (AvgIpc) is 1.86. The number of hydrogen-bond acceptors (Lipinski definition) is 2. The molecule has 0 aliphatic carbocycles. The van der Waals surface area contributed by atoms with E-state index in [-0.39, 0.29) is 0 Å². The van der Waals surface area contributed by atoms with Crippen molar-refractivity contribution in [3.05, 3.63) is 6.26 Å². The van der Waals surface area contributed by atoms with E-state index in [0.717, 1.165) is 0 Å². The zero-order valence-electron chi connectivity index (χ0n) is 3.09. The standard InChI is InChI=1S/C2HB2NO/c3-2-1-6-5-4-2/h1H. The van der Waals surface area contributed by atoms with Crippen LogP contribution in [0, 0.1) is 0 Å². The number of rotatable bonds is 0. The SMILES string of the molecule is [B]c1bnoc1. The molecule has 0 N–H and O–H groups in total. The molecule has 0 atom stereocenters. The fourth-order valence-corrected chi connectivity index (χ4v) is 0.213. The molecule has 0 aliphatic rings. The minimum absolute atomic E-state index is 0.565. The summed E-state index contributed by atoms with van der Waals surface area (Å²) in [5.74, 6) is 0. The van der Waals surface area contributed by atoms with Gasteiger partial charge in [0.1, 0.15) is 0 Å². The first-order chi connectivity index (χ1) is 2.89. The summed E-state index contributed by atoms with van der Waals surface area (Å²) in [5.41, 5.74) is 0. The first-order valence-corrected chi connectivity index (χ1v) is 1.54. The third kappa shape index (κ3) is 0.506. The summed E-state index contributed by atoms with van der Waals surface area (Å²) in [7, 11) is 6.57. The van der Waals surface area contributed by atoms with E-state index in [9.17, 15) is 0 Å². The summed E-state index contributed by atoms with van der Waals surface area (Å²) >= 11 is 0. The van der Waals surface area contributed by atoms with E-state index in [1.54, 1.807) is 0 Å². The topological polar surface area (TPSA) is 26.0 Å². The molecule has 0 saturated heterocycles. The Kier molecular flexibility index (Phi) is 0.783. The van der Waals surface area contributed by atoms with E-state index in [0.29, 0.717) is 5.36 Å². The summed E-state index contributed by atoms with van der Waals surface area (Å²) in [6.07, 6.45) is 1.38. The van der Waals surface area contributed by atoms with Crippen LogP contribution >= 0.6 is 0 Å². The second kappa shape index (κ2) is 1.29. The summed E-state index contributed by atoms with van der Waals surface area (Å²) < 4.78 is 4.34. The molecule has 0 spiro atoms. The van der Waals surface area contributed by atoms with E-state index in [1.165, 1.54) is 13.3 Å². The van der Waals surface area contributed by atoms with E-state index in [4.69, 9.17) is 7.85 Å². The fraction of sp³-hybridized carbons (Fsp3) is 0. The van der Waals surface area contributed by atoms with Crippen molar-refractivity contribution in [1.82, 2.24) is 5.06 Å². The van der Waals surface area contributed by atoms with Crippen LogP contribution in [0.3, 0.4) is 0 Å². The molecular weight excluding hydrogens is 75.7 g/mol. The Balaban J connectivity index is 3.05. The van der Waals surface area contributed by atoms with Gasteiger partial charge in [0.05, 0.1) is 0 Å². The number of nitrogens with zero attached hydrogens (tertiary/aromatic N) is 1. The van der Waals surface area contributed by atoms with Crippen molar-refractivity contribution in [2.24, 2.45) is 0 Å². The van der Waals surface area contributed by atoms with Gasteiger partial charge in [0.15, 0.2) is 0 Å². The van der Waals surface area contributed by atoms with Crippen LogP contribution in [0.25, 0.3) is 0 Å². The van der Waals surface area contributed by atoms with Crippen LogP contribution in [0.1, 0.15) is 0 Å². The average molecular weight is 76.7 g/mol. The van der Waals surface area contributed by atoms with Crippen molar-refractivity contribution in [2.75, 3.05) is 0 Å². The Bertz CT molecular complexity index is 115. The van der Waals surface area contributed by atoms with Gasteiger partial charge in [-0.1, -0.05) is 0 Å². The van der Waals surface area contributed by atoms with Crippen molar-refractivity contribution in [2.45, 2.75) is 0 Å². The zero-order chi connectivity index (χ0) is 4.41. The van der Waals surface area contributed by atoms with E-state index >= 15 is 0 Å². The molecule has 1 rings (SSSR count). The van der Waals surface area contributed by atoms with Crippen molar-refractivity contribution in [3.8, 4) is 0 Å². The quantitative estimate of drug-likeness (QED) is 0.363.